The molecule has 0 saturated carbocycles. The summed E-state index contributed by atoms with van der Waals surface area (Å²) in [5.41, 5.74) is 7.65. The molecule has 2 aromatic rings. The topological polar surface area (TPSA) is 35.2 Å². The summed E-state index contributed by atoms with van der Waals surface area (Å²) in [6, 6.07) is 14.5. The number of nitrogens with two attached hydrogens (primary N) is 1. The normalized spacial score (nSPS) is 12.4. The van der Waals surface area contributed by atoms with Gasteiger partial charge in [0, 0.05) is 0 Å². The van der Waals surface area contributed by atoms with Gasteiger partial charge in [0.15, 0.2) is 0 Å². The molecule has 2 N–H and O–H groups in total. The highest BCUT2D eigenvalue weighted by atomic mass is 35.5. The maximum Gasteiger partial charge on any atom is 0.573 e. The third kappa shape index (κ3) is 4.43. The van der Waals surface area contributed by atoms with E-state index in [2.05, 4.69) is 4.74 Å². The highest BCUT2D eigenvalue weighted by Gasteiger charge is 2.31. The van der Waals surface area contributed by atoms with Crippen molar-refractivity contribution in [3.63, 3.8) is 0 Å². The van der Waals surface area contributed by atoms with Crippen LogP contribution in [-0.4, -0.2) is 6.36 Å². The number of hydrogen-bond donors (Lipinski definition) is 1. The number of halogens is 4. The molecule has 6 heteroatoms. The third-order valence-corrected chi connectivity index (χ3v) is 2.63. The molecule has 0 aliphatic heterocycles. The molecule has 0 aromatic heterocycles. The van der Waals surface area contributed by atoms with Crippen LogP contribution in [0.15, 0.2) is 54.6 Å². The average Bonchev–Trinajstić information content (AvgIpc) is 2.38. The number of hydrogen-bond acceptors (Lipinski definition) is 2. The maximum absolute atomic E-state index is 12.0. The largest absolute Gasteiger partial charge is 0.573 e. The van der Waals surface area contributed by atoms with Gasteiger partial charge in [0.25, 0.3) is 0 Å². The van der Waals surface area contributed by atoms with Crippen LogP contribution in [-0.2, 0) is 0 Å². The van der Waals surface area contributed by atoms with Crippen LogP contribution in [0.25, 0.3) is 0 Å². The third-order valence-electron chi connectivity index (χ3n) is 2.63. The smallest absolute Gasteiger partial charge is 0.406 e. The number of rotatable bonds is 3. The summed E-state index contributed by atoms with van der Waals surface area (Å²) in [5, 5.41) is 0. The lowest BCUT2D eigenvalue weighted by atomic mass is 10.00. The summed E-state index contributed by atoms with van der Waals surface area (Å²) >= 11 is 0. The van der Waals surface area contributed by atoms with Crippen molar-refractivity contribution in [2.24, 2.45) is 5.73 Å². The summed E-state index contributed by atoms with van der Waals surface area (Å²) < 4.78 is 39.9. The van der Waals surface area contributed by atoms with E-state index in [1.54, 1.807) is 0 Å². The van der Waals surface area contributed by atoms with E-state index in [9.17, 15) is 13.2 Å². The van der Waals surface area contributed by atoms with Crippen LogP contribution in [0.4, 0.5) is 13.2 Å². The predicted molar refractivity (Wildman–Crippen MR) is 72.8 cm³/mol. The van der Waals surface area contributed by atoms with Crippen molar-refractivity contribution in [3.05, 3.63) is 65.7 Å². The van der Waals surface area contributed by atoms with E-state index in [1.165, 1.54) is 24.3 Å². The molecule has 0 saturated heterocycles. The summed E-state index contributed by atoms with van der Waals surface area (Å²) in [4.78, 5) is 0. The molecule has 2 rings (SSSR count). The van der Waals surface area contributed by atoms with Gasteiger partial charge in [-0.3, -0.25) is 0 Å². The Balaban J connectivity index is 0.00000200. The Kier molecular flexibility index (Phi) is 5.42. The predicted octanol–water partition coefficient (Wildman–Crippen LogP) is 4.06. The highest BCUT2D eigenvalue weighted by molar-refractivity contribution is 5.85. The van der Waals surface area contributed by atoms with E-state index in [0.717, 1.165) is 11.1 Å². The minimum absolute atomic E-state index is 0. The first-order valence-corrected chi connectivity index (χ1v) is 5.62. The first-order valence-electron chi connectivity index (χ1n) is 5.62. The maximum atomic E-state index is 12.0. The molecule has 0 fully saturated rings. The van der Waals surface area contributed by atoms with Crippen molar-refractivity contribution in [2.45, 2.75) is 12.4 Å². The Bertz CT molecular complexity index is 528. The quantitative estimate of drug-likeness (QED) is 0.928. The summed E-state index contributed by atoms with van der Waals surface area (Å²) in [6.07, 6.45) is -4.68. The Morgan fingerprint density at radius 3 is 1.85 bits per heavy atom. The fraction of sp³-hybridized carbons (Fsp3) is 0.143. The van der Waals surface area contributed by atoms with Crippen LogP contribution in [0, 0.1) is 0 Å². The molecule has 0 aliphatic carbocycles. The van der Waals surface area contributed by atoms with E-state index >= 15 is 0 Å². The minimum Gasteiger partial charge on any atom is -0.406 e. The summed E-state index contributed by atoms with van der Waals surface area (Å²) in [6.45, 7) is 0. The Morgan fingerprint density at radius 2 is 1.35 bits per heavy atom. The second-order valence-electron chi connectivity index (χ2n) is 4.01. The molecule has 2 aromatic carbocycles. The van der Waals surface area contributed by atoms with Gasteiger partial charge >= 0.3 is 6.36 Å². The molecule has 108 valence electrons. The zero-order valence-corrected chi connectivity index (χ0v) is 11.1. The van der Waals surface area contributed by atoms with Crippen molar-refractivity contribution in [1.82, 2.24) is 0 Å². The van der Waals surface area contributed by atoms with Gasteiger partial charge in [0.05, 0.1) is 6.04 Å². The minimum atomic E-state index is -4.68. The molecule has 0 spiro atoms. The molecular weight excluding hydrogens is 291 g/mol. The molecule has 0 radical (unpaired) electrons. The molecule has 2 nitrogen and oxygen atoms in total. The van der Waals surface area contributed by atoms with Gasteiger partial charge in [-0.1, -0.05) is 42.5 Å². The van der Waals surface area contributed by atoms with Crippen LogP contribution >= 0.6 is 12.4 Å². The summed E-state index contributed by atoms with van der Waals surface area (Å²) in [7, 11) is 0. The molecule has 0 heterocycles. The SMILES string of the molecule is Cl.N[C@H](c1ccccc1)c1ccc(OC(F)(F)F)cc1. The molecule has 0 unspecified atom stereocenters. The first-order chi connectivity index (χ1) is 8.96. The highest BCUT2D eigenvalue weighted by Crippen LogP contribution is 2.25. The van der Waals surface area contributed by atoms with E-state index in [-0.39, 0.29) is 24.2 Å². The second kappa shape index (κ2) is 6.63. The lowest BCUT2D eigenvalue weighted by molar-refractivity contribution is -0.274. The van der Waals surface area contributed by atoms with Crippen molar-refractivity contribution in [3.8, 4) is 5.75 Å². The van der Waals surface area contributed by atoms with Gasteiger partial charge in [-0.2, -0.15) is 0 Å². The zero-order chi connectivity index (χ0) is 13.9. The Hall–Kier alpha value is -1.72. The van der Waals surface area contributed by atoms with Gasteiger partial charge in [0.1, 0.15) is 5.75 Å². The van der Waals surface area contributed by atoms with Crippen molar-refractivity contribution >= 4 is 12.4 Å². The van der Waals surface area contributed by atoms with Crippen LogP contribution in [0.3, 0.4) is 0 Å². The van der Waals surface area contributed by atoms with Crippen LogP contribution < -0.4 is 10.5 Å². The molecular formula is C14H13ClF3NO. The van der Waals surface area contributed by atoms with Crippen LogP contribution in [0.1, 0.15) is 17.2 Å². The van der Waals surface area contributed by atoms with Gasteiger partial charge in [-0.25, -0.2) is 0 Å². The molecule has 0 aliphatic rings. The lowest BCUT2D eigenvalue weighted by Crippen LogP contribution is -2.17. The monoisotopic (exact) mass is 303 g/mol. The van der Waals surface area contributed by atoms with Gasteiger partial charge < -0.3 is 10.5 Å². The van der Waals surface area contributed by atoms with Gasteiger partial charge in [-0.15, -0.1) is 25.6 Å². The summed E-state index contributed by atoms with van der Waals surface area (Å²) in [5.74, 6) is -0.253. The van der Waals surface area contributed by atoms with Crippen LogP contribution in [0.5, 0.6) is 5.75 Å². The van der Waals surface area contributed by atoms with Gasteiger partial charge in [-0.05, 0) is 23.3 Å². The van der Waals surface area contributed by atoms with E-state index in [1.807, 2.05) is 30.3 Å². The molecule has 1 atom stereocenters. The lowest BCUT2D eigenvalue weighted by Gasteiger charge is -2.14. The Morgan fingerprint density at radius 1 is 0.850 bits per heavy atom. The number of benzene rings is 2. The molecule has 0 bridgehead atoms. The molecule has 0 amide bonds. The van der Waals surface area contributed by atoms with E-state index in [4.69, 9.17) is 5.73 Å². The zero-order valence-electron chi connectivity index (χ0n) is 10.3. The van der Waals surface area contributed by atoms with E-state index < -0.39 is 6.36 Å². The van der Waals surface area contributed by atoms with Crippen molar-refractivity contribution in [2.75, 3.05) is 0 Å². The van der Waals surface area contributed by atoms with E-state index in [0.29, 0.717) is 0 Å². The van der Waals surface area contributed by atoms with Crippen molar-refractivity contribution < 1.29 is 17.9 Å². The fourth-order valence-corrected chi connectivity index (χ4v) is 1.73. The standard InChI is InChI=1S/C14H12F3NO.ClH/c15-14(16,17)19-12-8-6-11(7-9-12)13(18)10-4-2-1-3-5-10;/h1-9,13H,18H2;1H/t13-;/m1./s1. The number of alkyl halides is 3. The van der Waals surface area contributed by atoms with Gasteiger partial charge in [0.2, 0.25) is 0 Å². The second-order valence-corrected chi connectivity index (χ2v) is 4.01. The average molecular weight is 304 g/mol. The fourth-order valence-electron chi connectivity index (χ4n) is 1.73. The number of ether oxygens (including phenoxy) is 1. The van der Waals surface area contributed by atoms with Crippen molar-refractivity contribution in [1.29, 1.82) is 0 Å². The Labute approximate surface area is 120 Å². The first kappa shape index (κ1) is 16.3. The molecule has 20 heavy (non-hydrogen) atoms. The van der Waals surface area contributed by atoms with Crippen LogP contribution in [0.2, 0.25) is 0 Å².